The minimum atomic E-state index is -0.935. The highest BCUT2D eigenvalue weighted by Gasteiger charge is 2.44. The number of hydrogen-bond acceptors (Lipinski definition) is 2. The zero-order valence-electron chi connectivity index (χ0n) is 11.4. The van der Waals surface area contributed by atoms with Gasteiger partial charge in [-0.1, -0.05) is 42.5 Å². The third kappa shape index (κ3) is 2.05. The van der Waals surface area contributed by atoms with E-state index in [1.807, 2.05) is 55.5 Å². The zero-order chi connectivity index (χ0) is 14.2. The fourth-order valence-corrected chi connectivity index (χ4v) is 2.88. The van der Waals surface area contributed by atoms with Gasteiger partial charge in [0.1, 0.15) is 5.54 Å². The van der Waals surface area contributed by atoms with Crippen LogP contribution in [0.3, 0.4) is 0 Å². The van der Waals surface area contributed by atoms with Gasteiger partial charge in [0.2, 0.25) is 0 Å². The van der Waals surface area contributed by atoms with Crippen molar-refractivity contribution in [3.63, 3.8) is 0 Å². The molecule has 1 aliphatic rings. The number of rotatable bonds is 3. The van der Waals surface area contributed by atoms with Crippen LogP contribution in [-0.4, -0.2) is 16.6 Å². The first-order chi connectivity index (χ1) is 9.61. The maximum absolute atomic E-state index is 11.8. The molecule has 2 aromatic rings. The average molecular weight is 267 g/mol. The molecule has 0 atom stereocenters. The van der Waals surface area contributed by atoms with E-state index in [9.17, 15) is 9.90 Å². The Balaban J connectivity index is 1.96. The smallest absolute Gasteiger partial charge is 0.330 e. The molecule has 0 unspecified atom stereocenters. The first-order valence-electron chi connectivity index (χ1n) is 6.75. The van der Waals surface area contributed by atoms with Crippen LogP contribution >= 0.6 is 0 Å². The number of hydrogen-bond donors (Lipinski definition) is 2. The molecule has 0 radical (unpaired) electrons. The number of carboxylic acid groups (broad SMARTS) is 1. The molecular weight excluding hydrogens is 250 g/mol. The molecule has 0 aromatic heterocycles. The fourth-order valence-electron chi connectivity index (χ4n) is 2.88. The van der Waals surface area contributed by atoms with Crippen LogP contribution in [0.5, 0.6) is 0 Å². The summed E-state index contributed by atoms with van der Waals surface area (Å²) in [6, 6.07) is 15.8. The van der Waals surface area contributed by atoms with Crippen LogP contribution in [0.1, 0.15) is 16.7 Å². The fraction of sp³-hybridized carbons (Fsp3) is 0.235. The van der Waals surface area contributed by atoms with Crippen molar-refractivity contribution < 1.29 is 9.90 Å². The molecule has 2 N–H and O–H groups in total. The van der Waals surface area contributed by atoms with Gasteiger partial charge in [-0.15, -0.1) is 0 Å². The van der Waals surface area contributed by atoms with E-state index < -0.39 is 11.5 Å². The summed E-state index contributed by atoms with van der Waals surface area (Å²) in [5, 5.41) is 13.0. The molecule has 0 saturated heterocycles. The van der Waals surface area contributed by atoms with Crippen LogP contribution in [0.25, 0.3) is 0 Å². The molecular formula is C17H17NO2. The predicted molar refractivity (Wildman–Crippen MR) is 79.0 cm³/mol. The number of carbonyl (C=O) groups is 1. The van der Waals surface area contributed by atoms with Crippen LogP contribution in [0, 0.1) is 6.92 Å². The van der Waals surface area contributed by atoms with Gasteiger partial charge < -0.3 is 10.4 Å². The van der Waals surface area contributed by atoms with Gasteiger partial charge in [-0.25, -0.2) is 4.79 Å². The van der Waals surface area contributed by atoms with E-state index in [-0.39, 0.29) is 0 Å². The molecule has 0 saturated carbocycles. The third-order valence-electron chi connectivity index (χ3n) is 4.03. The van der Waals surface area contributed by atoms with Gasteiger partial charge in [-0.05, 0) is 29.7 Å². The normalized spacial score (nSPS) is 15.7. The van der Waals surface area contributed by atoms with Crippen LogP contribution in [0.4, 0.5) is 5.69 Å². The standard InChI is InChI=1S/C17H17NO2/c1-12-6-2-5-9-15(12)18-17(16(19)20)10-13-7-3-4-8-14(13)11-17/h2-9,18H,10-11H2,1H3,(H,19,20). The summed E-state index contributed by atoms with van der Waals surface area (Å²) < 4.78 is 0. The highest BCUT2D eigenvalue weighted by Crippen LogP contribution is 2.34. The van der Waals surface area contributed by atoms with Crippen molar-refractivity contribution in [2.75, 3.05) is 5.32 Å². The monoisotopic (exact) mass is 267 g/mol. The number of anilines is 1. The van der Waals surface area contributed by atoms with Crippen molar-refractivity contribution in [3.8, 4) is 0 Å². The molecule has 3 heteroatoms. The minimum absolute atomic E-state index is 0.521. The quantitative estimate of drug-likeness (QED) is 0.898. The first kappa shape index (κ1) is 12.7. The molecule has 0 bridgehead atoms. The number of benzene rings is 2. The number of carboxylic acids is 1. The van der Waals surface area contributed by atoms with E-state index in [0.29, 0.717) is 12.8 Å². The van der Waals surface area contributed by atoms with Gasteiger partial charge in [0.15, 0.2) is 0 Å². The van der Waals surface area contributed by atoms with Crippen molar-refractivity contribution in [2.24, 2.45) is 0 Å². The molecule has 0 aliphatic heterocycles. The van der Waals surface area contributed by atoms with Gasteiger partial charge in [-0.3, -0.25) is 0 Å². The van der Waals surface area contributed by atoms with Crippen molar-refractivity contribution in [3.05, 3.63) is 65.2 Å². The number of aryl methyl sites for hydroxylation is 1. The van der Waals surface area contributed by atoms with E-state index in [4.69, 9.17) is 0 Å². The van der Waals surface area contributed by atoms with Crippen LogP contribution in [-0.2, 0) is 17.6 Å². The number of para-hydroxylation sites is 1. The molecule has 1 aliphatic carbocycles. The number of aliphatic carboxylic acids is 1. The van der Waals surface area contributed by atoms with Crippen molar-refractivity contribution in [1.29, 1.82) is 0 Å². The predicted octanol–water partition coefficient (Wildman–Crippen LogP) is 3.03. The Morgan fingerprint density at radius 1 is 1.05 bits per heavy atom. The topological polar surface area (TPSA) is 49.3 Å². The summed E-state index contributed by atoms with van der Waals surface area (Å²) in [5.41, 5.74) is 3.26. The Bertz CT molecular complexity index is 639. The Kier molecular flexibility index (Phi) is 2.97. The Morgan fingerprint density at radius 3 is 2.15 bits per heavy atom. The summed E-state index contributed by atoms with van der Waals surface area (Å²) >= 11 is 0. The largest absolute Gasteiger partial charge is 0.479 e. The maximum atomic E-state index is 11.8. The highest BCUT2D eigenvalue weighted by molar-refractivity contribution is 5.85. The average Bonchev–Trinajstić information content (AvgIpc) is 2.81. The van der Waals surface area contributed by atoms with E-state index in [1.165, 1.54) is 0 Å². The number of nitrogens with one attached hydrogen (secondary N) is 1. The van der Waals surface area contributed by atoms with Gasteiger partial charge >= 0.3 is 5.97 Å². The Labute approximate surface area is 118 Å². The summed E-state index contributed by atoms with van der Waals surface area (Å²) in [6.45, 7) is 1.99. The molecule has 0 spiro atoms. The molecule has 20 heavy (non-hydrogen) atoms. The first-order valence-corrected chi connectivity index (χ1v) is 6.75. The van der Waals surface area contributed by atoms with E-state index in [1.54, 1.807) is 0 Å². The van der Waals surface area contributed by atoms with Crippen molar-refractivity contribution in [2.45, 2.75) is 25.3 Å². The summed E-state index contributed by atoms with van der Waals surface area (Å²) in [4.78, 5) is 11.8. The lowest BCUT2D eigenvalue weighted by Gasteiger charge is -2.27. The summed E-state index contributed by atoms with van der Waals surface area (Å²) in [6.07, 6.45) is 1.04. The van der Waals surface area contributed by atoms with E-state index >= 15 is 0 Å². The second-order valence-electron chi connectivity index (χ2n) is 5.45. The molecule has 0 amide bonds. The maximum Gasteiger partial charge on any atom is 0.330 e. The van der Waals surface area contributed by atoms with Crippen LogP contribution in [0.2, 0.25) is 0 Å². The lowest BCUT2D eigenvalue weighted by Crippen LogP contribution is -2.47. The third-order valence-corrected chi connectivity index (χ3v) is 4.03. The Hall–Kier alpha value is -2.29. The molecule has 102 valence electrons. The molecule has 3 nitrogen and oxygen atoms in total. The number of fused-ring (bicyclic) bond motifs is 1. The second kappa shape index (κ2) is 4.67. The zero-order valence-corrected chi connectivity index (χ0v) is 11.4. The highest BCUT2D eigenvalue weighted by atomic mass is 16.4. The molecule has 3 rings (SSSR count). The van der Waals surface area contributed by atoms with Gasteiger partial charge in [0.05, 0.1) is 0 Å². The van der Waals surface area contributed by atoms with Crippen molar-refractivity contribution >= 4 is 11.7 Å². The van der Waals surface area contributed by atoms with Crippen molar-refractivity contribution in [1.82, 2.24) is 0 Å². The van der Waals surface area contributed by atoms with Gasteiger partial charge in [-0.2, -0.15) is 0 Å². The van der Waals surface area contributed by atoms with E-state index in [0.717, 1.165) is 22.4 Å². The molecule has 2 aromatic carbocycles. The Morgan fingerprint density at radius 2 is 1.60 bits per heavy atom. The van der Waals surface area contributed by atoms with Crippen LogP contribution in [0.15, 0.2) is 48.5 Å². The summed E-state index contributed by atoms with van der Waals surface area (Å²) in [7, 11) is 0. The molecule has 0 heterocycles. The van der Waals surface area contributed by atoms with Crippen LogP contribution < -0.4 is 5.32 Å². The second-order valence-corrected chi connectivity index (χ2v) is 5.45. The van der Waals surface area contributed by atoms with E-state index in [2.05, 4.69) is 5.32 Å². The van der Waals surface area contributed by atoms with Gasteiger partial charge in [0.25, 0.3) is 0 Å². The summed E-state index contributed by atoms with van der Waals surface area (Å²) in [5.74, 6) is -0.794. The lowest BCUT2D eigenvalue weighted by molar-refractivity contribution is -0.142. The lowest BCUT2D eigenvalue weighted by atomic mass is 9.94. The molecule has 0 fully saturated rings. The SMILES string of the molecule is Cc1ccccc1NC1(C(=O)O)Cc2ccccc2C1. The minimum Gasteiger partial charge on any atom is -0.479 e. The van der Waals surface area contributed by atoms with Gasteiger partial charge in [0, 0.05) is 18.5 Å².